The average Bonchev–Trinajstić information content (AvgIpc) is 2.46. The number of nitrogens with one attached hydrogen (secondary N) is 1. The van der Waals surface area contributed by atoms with Gasteiger partial charge in [-0.25, -0.2) is 4.98 Å². The summed E-state index contributed by atoms with van der Waals surface area (Å²) in [5.41, 5.74) is 1.00. The highest BCUT2D eigenvalue weighted by Gasteiger charge is 2.31. The smallest absolute Gasteiger partial charge is 0.144 e. The standard InChI is InChI=1S/C13H17N3O2/c14-8-12-11(2-1-5-15-12)9-16-13(10-17)3-6-18-7-4-13/h1-2,5,16-17H,3-4,6-7,9-10H2. The molecule has 5 heteroatoms. The van der Waals surface area contributed by atoms with Crippen molar-refractivity contribution in [3.8, 4) is 6.07 Å². The molecule has 0 amide bonds. The van der Waals surface area contributed by atoms with Gasteiger partial charge in [0.2, 0.25) is 0 Å². The van der Waals surface area contributed by atoms with E-state index in [-0.39, 0.29) is 12.1 Å². The molecule has 18 heavy (non-hydrogen) atoms. The van der Waals surface area contributed by atoms with E-state index in [1.807, 2.05) is 12.1 Å². The number of aromatic nitrogens is 1. The lowest BCUT2D eigenvalue weighted by atomic mass is 9.90. The minimum atomic E-state index is -0.291. The number of pyridine rings is 1. The summed E-state index contributed by atoms with van der Waals surface area (Å²) in [5, 5.41) is 21.9. The molecule has 1 aromatic rings. The lowest BCUT2D eigenvalue weighted by Gasteiger charge is -2.36. The Morgan fingerprint density at radius 1 is 1.50 bits per heavy atom. The number of rotatable bonds is 4. The second-order valence-corrected chi connectivity index (χ2v) is 4.53. The van der Waals surface area contributed by atoms with E-state index >= 15 is 0 Å². The molecule has 0 aliphatic carbocycles. The third-order valence-electron chi connectivity index (χ3n) is 3.40. The van der Waals surface area contributed by atoms with Crippen molar-refractivity contribution < 1.29 is 9.84 Å². The van der Waals surface area contributed by atoms with Crippen LogP contribution in [-0.2, 0) is 11.3 Å². The van der Waals surface area contributed by atoms with Crippen molar-refractivity contribution in [1.82, 2.24) is 10.3 Å². The zero-order valence-electron chi connectivity index (χ0n) is 10.2. The molecular formula is C13H17N3O2. The Hall–Kier alpha value is -1.48. The number of hydrogen-bond donors (Lipinski definition) is 2. The van der Waals surface area contributed by atoms with E-state index < -0.39 is 0 Å². The molecular weight excluding hydrogens is 230 g/mol. The number of hydrogen-bond acceptors (Lipinski definition) is 5. The molecule has 1 aromatic heterocycles. The topological polar surface area (TPSA) is 78.2 Å². The third kappa shape index (κ3) is 2.85. The Kier molecular flexibility index (Phi) is 4.26. The maximum atomic E-state index is 9.55. The van der Waals surface area contributed by atoms with Crippen molar-refractivity contribution in [2.24, 2.45) is 0 Å². The van der Waals surface area contributed by atoms with Crippen molar-refractivity contribution in [3.05, 3.63) is 29.6 Å². The molecule has 0 saturated carbocycles. The van der Waals surface area contributed by atoms with Gasteiger partial charge in [-0.2, -0.15) is 5.26 Å². The molecule has 1 fully saturated rings. The Labute approximate surface area is 106 Å². The fourth-order valence-electron chi connectivity index (χ4n) is 2.12. The molecule has 0 radical (unpaired) electrons. The molecule has 1 saturated heterocycles. The second kappa shape index (κ2) is 5.91. The van der Waals surface area contributed by atoms with E-state index in [1.165, 1.54) is 0 Å². The monoisotopic (exact) mass is 247 g/mol. The van der Waals surface area contributed by atoms with Gasteiger partial charge < -0.3 is 15.2 Å². The van der Waals surface area contributed by atoms with E-state index in [9.17, 15) is 5.11 Å². The molecule has 2 N–H and O–H groups in total. The number of ether oxygens (including phenoxy) is 1. The lowest BCUT2D eigenvalue weighted by Crippen LogP contribution is -2.51. The molecule has 96 valence electrons. The lowest BCUT2D eigenvalue weighted by molar-refractivity contribution is 0.0111. The predicted molar refractivity (Wildman–Crippen MR) is 65.7 cm³/mol. The van der Waals surface area contributed by atoms with Crippen LogP contribution in [-0.4, -0.2) is 35.5 Å². The first-order valence-electron chi connectivity index (χ1n) is 6.07. The van der Waals surface area contributed by atoms with Gasteiger partial charge in [0.15, 0.2) is 0 Å². The minimum Gasteiger partial charge on any atom is -0.394 e. The van der Waals surface area contributed by atoms with Crippen molar-refractivity contribution in [2.45, 2.75) is 24.9 Å². The van der Waals surface area contributed by atoms with E-state index in [0.717, 1.165) is 18.4 Å². The fourth-order valence-corrected chi connectivity index (χ4v) is 2.12. The van der Waals surface area contributed by atoms with Crippen molar-refractivity contribution in [1.29, 1.82) is 5.26 Å². The normalized spacial score (nSPS) is 18.2. The summed E-state index contributed by atoms with van der Waals surface area (Å²) in [6, 6.07) is 5.77. The number of nitrogens with zero attached hydrogens (tertiary/aromatic N) is 2. The molecule has 1 aliphatic rings. The van der Waals surface area contributed by atoms with Crippen LogP contribution < -0.4 is 5.32 Å². The van der Waals surface area contributed by atoms with Crippen LogP contribution in [0.2, 0.25) is 0 Å². The highest BCUT2D eigenvalue weighted by Crippen LogP contribution is 2.21. The van der Waals surface area contributed by atoms with E-state index in [1.54, 1.807) is 6.20 Å². The number of nitriles is 1. The summed E-state index contributed by atoms with van der Waals surface area (Å²) in [6.07, 6.45) is 3.18. The molecule has 0 aromatic carbocycles. The van der Waals surface area contributed by atoms with Crippen molar-refractivity contribution in [2.75, 3.05) is 19.8 Å². The Morgan fingerprint density at radius 2 is 2.28 bits per heavy atom. The van der Waals surface area contributed by atoms with E-state index in [0.29, 0.717) is 25.5 Å². The van der Waals surface area contributed by atoms with Crippen LogP contribution in [0.25, 0.3) is 0 Å². The Balaban J connectivity index is 2.03. The summed E-state index contributed by atoms with van der Waals surface area (Å²) < 4.78 is 5.31. The predicted octanol–water partition coefficient (Wildman–Crippen LogP) is 0.584. The summed E-state index contributed by atoms with van der Waals surface area (Å²) in [6.45, 7) is 1.94. The van der Waals surface area contributed by atoms with Gasteiger partial charge in [-0.1, -0.05) is 6.07 Å². The maximum absolute atomic E-state index is 9.55. The molecule has 0 spiro atoms. The minimum absolute atomic E-state index is 0.0819. The average molecular weight is 247 g/mol. The summed E-state index contributed by atoms with van der Waals surface area (Å²) in [7, 11) is 0. The molecule has 2 rings (SSSR count). The first-order valence-corrected chi connectivity index (χ1v) is 6.07. The van der Waals surface area contributed by atoms with Crippen LogP contribution in [0.5, 0.6) is 0 Å². The Morgan fingerprint density at radius 3 is 2.94 bits per heavy atom. The van der Waals surface area contributed by atoms with Crippen molar-refractivity contribution in [3.63, 3.8) is 0 Å². The first-order chi connectivity index (χ1) is 8.79. The van der Waals surface area contributed by atoms with Crippen LogP contribution in [0.1, 0.15) is 24.1 Å². The van der Waals surface area contributed by atoms with Crippen LogP contribution in [0, 0.1) is 11.3 Å². The van der Waals surface area contributed by atoms with Gasteiger partial charge in [-0.05, 0) is 18.9 Å². The van der Waals surface area contributed by atoms with Gasteiger partial charge >= 0.3 is 0 Å². The quantitative estimate of drug-likeness (QED) is 0.814. The number of aliphatic hydroxyl groups is 1. The van der Waals surface area contributed by atoms with Gasteiger partial charge in [0.1, 0.15) is 11.8 Å². The van der Waals surface area contributed by atoms with Crippen LogP contribution >= 0.6 is 0 Å². The molecule has 0 atom stereocenters. The zero-order valence-corrected chi connectivity index (χ0v) is 10.2. The molecule has 0 unspecified atom stereocenters. The van der Waals surface area contributed by atoms with Gasteiger partial charge in [-0.15, -0.1) is 0 Å². The van der Waals surface area contributed by atoms with E-state index in [4.69, 9.17) is 10.00 Å². The fraction of sp³-hybridized carbons (Fsp3) is 0.538. The maximum Gasteiger partial charge on any atom is 0.144 e. The molecule has 0 bridgehead atoms. The molecule has 1 aliphatic heterocycles. The Bertz CT molecular complexity index is 436. The summed E-state index contributed by atoms with van der Waals surface area (Å²) in [4.78, 5) is 4.02. The van der Waals surface area contributed by atoms with E-state index in [2.05, 4.69) is 16.4 Å². The first kappa shape index (κ1) is 13.0. The van der Waals surface area contributed by atoms with Crippen LogP contribution in [0.4, 0.5) is 0 Å². The molecule has 5 nitrogen and oxygen atoms in total. The third-order valence-corrected chi connectivity index (χ3v) is 3.40. The van der Waals surface area contributed by atoms with Crippen LogP contribution in [0.3, 0.4) is 0 Å². The van der Waals surface area contributed by atoms with Gasteiger partial charge in [0.05, 0.1) is 6.61 Å². The highest BCUT2D eigenvalue weighted by molar-refractivity contribution is 5.30. The SMILES string of the molecule is N#Cc1ncccc1CNC1(CO)CCOCC1. The zero-order chi connectivity index (χ0) is 12.8. The summed E-state index contributed by atoms with van der Waals surface area (Å²) >= 11 is 0. The summed E-state index contributed by atoms with van der Waals surface area (Å²) in [5.74, 6) is 0. The largest absolute Gasteiger partial charge is 0.394 e. The van der Waals surface area contributed by atoms with Gasteiger partial charge in [0, 0.05) is 37.1 Å². The van der Waals surface area contributed by atoms with Gasteiger partial charge in [0.25, 0.3) is 0 Å². The highest BCUT2D eigenvalue weighted by atomic mass is 16.5. The van der Waals surface area contributed by atoms with Crippen LogP contribution in [0.15, 0.2) is 18.3 Å². The van der Waals surface area contributed by atoms with Gasteiger partial charge in [-0.3, -0.25) is 0 Å². The second-order valence-electron chi connectivity index (χ2n) is 4.53. The number of aliphatic hydroxyl groups excluding tert-OH is 1. The van der Waals surface area contributed by atoms with Crippen molar-refractivity contribution >= 4 is 0 Å². The molecule has 2 heterocycles.